The van der Waals surface area contributed by atoms with E-state index in [9.17, 15) is 19.2 Å². The summed E-state index contributed by atoms with van der Waals surface area (Å²) < 4.78 is 10.2. The van der Waals surface area contributed by atoms with Gasteiger partial charge >= 0.3 is 11.9 Å². The number of hydrogen-bond acceptors (Lipinski definition) is 6. The minimum atomic E-state index is -0.947. The summed E-state index contributed by atoms with van der Waals surface area (Å²) >= 11 is 0. The number of hydrogen-bond donors (Lipinski definition) is 0. The Bertz CT molecular complexity index is 515. The SMILES string of the molecule is O=C1CC[C@@H](N2C(=O)[C@H]3[C@H](C2=O)[C@H]2CC[C@H]3O2)C(=O)O1. The first-order valence-corrected chi connectivity index (χ1v) is 6.85. The van der Waals surface area contributed by atoms with Crippen LogP contribution in [0.2, 0.25) is 0 Å². The van der Waals surface area contributed by atoms with Crippen molar-refractivity contribution in [1.29, 1.82) is 0 Å². The number of ether oxygens (including phenoxy) is 2. The molecule has 0 unspecified atom stereocenters. The zero-order valence-corrected chi connectivity index (χ0v) is 10.6. The van der Waals surface area contributed by atoms with Crippen LogP contribution in [0.4, 0.5) is 0 Å². The van der Waals surface area contributed by atoms with Crippen molar-refractivity contribution in [2.24, 2.45) is 11.8 Å². The number of likely N-dealkylation sites (tertiary alicyclic amines) is 1. The quantitative estimate of drug-likeness (QED) is 0.361. The number of carbonyl (C=O) groups excluding carboxylic acids is 4. The molecule has 0 aromatic rings. The van der Waals surface area contributed by atoms with Crippen LogP contribution >= 0.6 is 0 Å². The topological polar surface area (TPSA) is 90.0 Å². The minimum Gasteiger partial charge on any atom is -0.392 e. The number of nitrogens with zero attached hydrogens (tertiary/aromatic N) is 1. The highest BCUT2D eigenvalue weighted by molar-refractivity contribution is 6.09. The van der Waals surface area contributed by atoms with Crippen molar-refractivity contribution < 1.29 is 28.7 Å². The first-order valence-electron chi connectivity index (χ1n) is 6.85. The second-order valence-electron chi connectivity index (χ2n) is 5.74. The fourth-order valence-corrected chi connectivity index (χ4v) is 3.88. The van der Waals surface area contributed by atoms with Crippen LogP contribution in [0, 0.1) is 11.8 Å². The average molecular weight is 279 g/mol. The molecular weight excluding hydrogens is 266 g/mol. The van der Waals surface area contributed by atoms with Gasteiger partial charge in [0.25, 0.3) is 0 Å². The monoisotopic (exact) mass is 279 g/mol. The lowest BCUT2D eigenvalue weighted by molar-refractivity contribution is -0.173. The van der Waals surface area contributed by atoms with E-state index in [1.54, 1.807) is 0 Å². The van der Waals surface area contributed by atoms with E-state index in [-0.39, 0.29) is 36.9 Å². The third kappa shape index (κ3) is 1.38. The molecule has 0 aliphatic carbocycles. The van der Waals surface area contributed by atoms with Gasteiger partial charge in [-0.1, -0.05) is 0 Å². The van der Waals surface area contributed by atoms with E-state index in [0.29, 0.717) is 0 Å². The Labute approximate surface area is 114 Å². The van der Waals surface area contributed by atoms with E-state index in [1.807, 2.05) is 0 Å². The zero-order valence-electron chi connectivity index (χ0n) is 10.6. The Morgan fingerprint density at radius 2 is 1.50 bits per heavy atom. The molecule has 4 heterocycles. The summed E-state index contributed by atoms with van der Waals surface area (Å²) in [4.78, 5) is 48.7. The van der Waals surface area contributed by atoms with Crippen molar-refractivity contribution in [2.45, 2.75) is 43.9 Å². The lowest BCUT2D eigenvalue weighted by Gasteiger charge is -2.28. The van der Waals surface area contributed by atoms with Crippen LogP contribution in [0.25, 0.3) is 0 Å². The second kappa shape index (κ2) is 3.88. The first kappa shape index (κ1) is 12.0. The maximum Gasteiger partial charge on any atom is 0.337 e. The Morgan fingerprint density at radius 3 is 2.05 bits per heavy atom. The molecule has 7 heteroatoms. The summed E-state index contributed by atoms with van der Waals surface area (Å²) in [6.07, 6.45) is 1.37. The number of imide groups is 1. The van der Waals surface area contributed by atoms with Crippen molar-refractivity contribution in [3.05, 3.63) is 0 Å². The molecule has 4 rings (SSSR count). The van der Waals surface area contributed by atoms with Gasteiger partial charge in [-0.25, -0.2) is 4.79 Å². The van der Waals surface area contributed by atoms with Crippen LogP contribution in [0.3, 0.4) is 0 Å². The fourth-order valence-electron chi connectivity index (χ4n) is 3.88. The largest absolute Gasteiger partial charge is 0.392 e. The molecule has 0 saturated carbocycles. The lowest BCUT2D eigenvalue weighted by Crippen LogP contribution is -2.50. The third-order valence-corrected chi connectivity index (χ3v) is 4.74. The van der Waals surface area contributed by atoms with Crippen LogP contribution < -0.4 is 0 Å². The van der Waals surface area contributed by atoms with E-state index < -0.39 is 29.8 Å². The molecule has 4 aliphatic rings. The molecule has 106 valence electrons. The smallest absolute Gasteiger partial charge is 0.337 e. The van der Waals surface area contributed by atoms with Crippen molar-refractivity contribution in [2.75, 3.05) is 0 Å². The van der Waals surface area contributed by atoms with Gasteiger partial charge in [0.1, 0.15) is 6.04 Å². The van der Waals surface area contributed by atoms with Gasteiger partial charge < -0.3 is 9.47 Å². The van der Waals surface area contributed by atoms with Gasteiger partial charge in [0.05, 0.1) is 24.0 Å². The molecule has 0 spiro atoms. The van der Waals surface area contributed by atoms with E-state index in [4.69, 9.17) is 4.74 Å². The van der Waals surface area contributed by atoms with Crippen LogP contribution in [0.15, 0.2) is 0 Å². The molecule has 4 saturated heterocycles. The molecule has 0 N–H and O–H groups in total. The van der Waals surface area contributed by atoms with E-state index >= 15 is 0 Å². The normalized spacial score (nSPS) is 43.2. The molecule has 7 nitrogen and oxygen atoms in total. The third-order valence-electron chi connectivity index (χ3n) is 4.74. The number of rotatable bonds is 1. The summed E-state index contributed by atoms with van der Waals surface area (Å²) in [6, 6.07) is -0.947. The summed E-state index contributed by atoms with van der Waals surface area (Å²) in [7, 11) is 0. The Kier molecular flexibility index (Phi) is 2.33. The predicted molar refractivity (Wildman–Crippen MR) is 60.8 cm³/mol. The van der Waals surface area contributed by atoms with Crippen molar-refractivity contribution in [1.82, 2.24) is 4.90 Å². The fraction of sp³-hybridized carbons (Fsp3) is 0.692. The van der Waals surface area contributed by atoms with Crippen LogP contribution in [0.1, 0.15) is 25.7 Å². The van der Waals surface area contributed by atoms with Crippen molar-refractivity contribution >= 4 is 23.8 Å². The van der Waals surface area contributed by atoms with Gasteiger partial charge in [-0.15, -0.1) is 0 Å². The second-order valence-corrected chi connectivity index (χ2v) is 5.74. The number of esters is 2. The Hall–Kier alpha value is -1.76. The van der Waals surface area contributed by atoms with Crippen molar-refractivity contribution in [3.63, 3.8) is 0 Å². The molecule has 0 aromatic heterocycles. The van der Waals surface area contributed by atoms with Gasteiger partial charge in [-0.2, -0.15) is 0 Å². The molecule has 5 atom stereocenters. The van der Waals surface area contributed by atoms with Gasteiger partial charge in [0, 0.05) is 6.42 Å². The standard InChI is InChI=1S/C13H13NO6/c15-8-4-1-5(13(18)20-8)14-11(16)9-6-2-3-7(19-6)10(9)12(14)17/h5-7,9-10H,1-4H2/t5-,6-,7-,9-,10-/m1/s1. The van der Waals surface area contributed by atoms with Crippen molar-refractivity contribution in [3.8, 4) is 0 Å². The summed E-state index contributed by atoms with van der Waals surface area (Å²) in [6.45, 7) is 0. The minimum absolute atomic E-state index is 0.0478. The van der Waals surface area contributed by atoms with Gasteiger partial charge in [-0.05, 0) is 19.3 Å². The van der Waals surface area contributed by atoms with E-state index in [1.165, 1.54) is 0 Å². The van der Waals surface area contributed by atoms with Crippen LogP contribution in [0.5, 0.6) is 0 Å². The highest BCUT2D eigenvalue weighted by Crippen LogP contribution is 2.49. The highest BCUT2D eigenvalue weighted by Gasteiger charge is 2.64. The molecule has 4 fully saturated rings. The number of cyclic esters (lactones) is 2. The molecule has 0 aromatic carbocycles. The number of amides is 2. The average Bonchev–Trinajstić information content (AvgIpc) is 3.06. The Morgan fingerprint density at radius 1 is 0.900 bits per heavy atom. The molecule has 2 amide bonds. The Balaban J connectivity index is 1.64. The molecule has 4 aliphatic heterocycles. The summed E-state index contributed by atoms with van der Waals surface area (Å²) in [5.74, 6) is -2.99. The molecular formula is C13H13NO6. The zero-order chi connectivity index (χ0) is 14.0. The van der Waals surface area contributed by atoms with Gasteiger partial charge in [0.2, 0.25) is 11.8 Å². The van der Waals surface area contributed by atoms with Crippen LogP contribution in [-0.2, 0) is 28.7 Å². The van der Waals surface area contributed by atoms with Crippen LogP contribution in [-0.4, -0.2) is 46.9 Å². The maximum absolute atomic E-state index is 12.4. The van der Waals surface area contributed by atoms with Gasteiger partial charge in [-0.3, -0.25) is 19.3 Å². The maximum atomic E-state index is 12.4. The lowest BCUT2D eigenvalue weighted by atomic mass is 9.81. The summed E-state index contributed by atoms with van der Waals surface area (Å²) in [5.41, 5.74) is 0. The van der Waals surface area contributed by atoms with Gasteiger partial charge in [0.15, 0.2) is 0 Å². The molecule has 2 bridgehead atoms. The number of carbonyl (C=O) groups is 4. The van der Waals surface area contributed by atoms with E-state index in [0.717, 1.165) is 17.7 Å². The first-order chi connectivity index (χ1) is 9.58. The van der Waals surface area contributed by atoms with E-state index in [2.05, 4.69) is 4.74 Å². The highest BCUT2D eigenvalue weighted by atomic mass is 16.6. The molecule has 20 heavy (non-hydrogen) atoms. The number of fused-ring (bicyclic) bond motifs is 5. The molecule has 0 radical (unpaired) electrons. The summed E-state index contributed by atoms with van der Waals surface area (Å²) in [5, 5.41) is 0. The predicted octanol–water partition coefficient (Wildman–Crippen LogP) is -0.619.